The van der Waals surface area contributed by atoms with Gasteiger partial charge >= 0.3 is 0 Å². The molecule has 0 saturated carbocycles. The van der Waals surface area contributed by atoms with E-state index >= 15 is 0 Å². The van der Waals surface area contributed by atoms with E-state index in [2.05, 4.69) is 31.5 Å². The minimum Gasteiger partial charge on any atom is -0.347 e. The molecule has 0 unspecified atom stereocenters. The zero-order valence-electron chi connectivity index (χ0n) is 9.42. The van der Waals surface area contributed by atoms with E-state index in [4.69, 9.17) is 0 Å². The standard InChI is InChI=1S/C13H16FN/c1-4-15-8-12(9(2)3)11-7-10(14)5-6-13(11)15/h5-9H,4H2,1-3H3. The fourth-order valence-electron chi connectivity index (χ4n) is 2.02. The Labute approximate surface area is 89.5 Å². The number of fused-ring (bicyclic) bond motifs is 1. The first-order chi connectivity index (χ1) is 7.13. The molecule has 0 radical (unpaired) electrons. The predicted molar refractivity (Wildman–Crippen MR) is 61.7 cm³/mol. The van der Waals surface area contributed by atoms with Crippen molar-refractivity contribution < 1.29 is 4.39 Å². The molecule has 2 aromatic rings. The molecule has 0 atom stereocenters. The van der Waals surface area contributed by atoms with Crippen molar-refractivity contribution in [2.45, 2.75) is 33.2 Å². The summed E-state index contributed by atoms with van der Waals surface area (Å²) < 4.78 is 15.4. The molecule has 0 amide bonds. The van der Waals surface area contributed by atoms with Gasteiger partial charge in [-0.15, -0.1) is 0 Å². The zero-order valence-corrected chi connectivity index (χ0v) is 9.42. The monoisotopic (exact) mass is 205 g/mol. The number of halogens is 1. The fraction of sp³-hybridized carbons (Fsp3) is 0.385. The first-order valence-corrected chi connectivity index (χ1v) is 5.41. The van der Waals surface area contributed by atoms with Gasteiger partial charge in [0.25, 0.3) is 0 Å². The van der Waals surface area contributed by atoms with Crippen molar-refractivity contribution in [1.82, 2.24) is 4.57 Å². The largest absolute Gasteiger partial charge is 0.347 e. The second-order valence-corrected chi connectivity index (χ2v) is 4.19. The minimum absolute atomic E-state index is 0.154. The molecule has 0 saturated heterocycles. The van der Waals surface area contributed by atoms with Gasteiger partial charge in [0.05, 0.1) is 0 Å². The van der Waals surface area contributed by atoms with E-state index < -0.39 is 0 Å². The van der Waals surface area contributed by atoms with Crippen LogP contribution in [0.2, 0.25) is 0 Å². The van der Waals surface area contributed by atoms with Gasteiger partial charge in [0, 0.05) is 23.6 Å². The van der Waals surface area contributed by atoms with Crippen LogP contribution >= 0.6 is 0 Å². The molecule has 2 heteroatoms. The molecule has 15 heavy (non-hydrogen) atoms. The maximum Gasteiger partial charge on any atom is 0.123 e. The van der Waals surface area contributed by atoms with Crippen molar-refractivity contribution in [3.8, 4) is 0 Å². The van der Waals surface area contributed by atoms with Crippen molar-refractivity contribution in [3.05, 3.63) is 35.8 Å². The van der Waals surface area contributed by atoms with E-state index in [1.807, 2.05) is 6.07 Å². The molecule has 1 aromatic carbocycles. The number of benzene rings is 1. The van der Waals surface area contributed by atoms with Crippen molar-refractivity contribution in [1.29, 1.82) is 0 Å². The number of nitrogens with zero attached hydrogens (tertiary/aromatic N) is 1. The van der Waals surface area contributed by atoms with E-state index in [1.54, 1.807) is 6.07 Å². The molecule has 0 fully saturated rings. The van der Waals surface area contributed by atoms with E-state index in [0.717, 1.165) is 17.4 Å². The van der Waals surface area contributed by atoms with Gasteiger partial charge in [-0.05, 0) is 36.6 Å². The van der Waals surface area contributed by atoms with Gasteiger partial charge in [0.2, 0.25) is 0 Å². The van der Waals surface area contributed by atoms with E-state index in [0.29, 0.717) is 5.92 Å². The van der Waals surface area contributed by atoms with Gasteiger partial charge in [0.1, 0.15) is 5.82 Å². The quantitative estimate of drug-likeness (QED) is 0.700. The number of hydrogen-bond acceptors (Lipinski definition) is 0. The van der Waals surface area contributed by atoms with Crippen LogP contribution in [0.5, 0.6) is 0 Å². The van der Waals surface area contributed by atoms with Crippen LogP contribution in [0.3, 0.4) is 0 Å². The summed E-state index contributed by atoms with van der Waals surface area (Å²) in [6, 6.07) is 5.02. The van der Waals surface area contributed by atoms with Gasteiger partial charge in [-0.2, -0.15) is 0 Å². The Morgan fingerprint density at radius 1 is 1.33 bits per heavy atom. The first-order valence-electron chi connectivity index (χ1n) is 5.41. The highest BCUT2D eigenvalue weighted by Gasteiger charge is 2.10. The Morgan fingerprint density at radius 3 is 2.67 bits per heavy atom. The van der Waals surface area contributed by atoms with Gasteiger partial charge in [-0.1, -0.05) is 13.8 Å². The van der Waals surface area contributed by atoms with Crippen LogP contribution in [0.4, 0.5) is 4.39 Å². The SMILES string of the molecule is CCn1cc(C(C)C)c2cc(F)ccc21. The number of aromatic nitrogens is 1. The lowest BCUT2D eigenvalue weighted by Crippen LogP contribution is -1.90. The van der Waals surface area contributed by atoms with E-state index in [1.165, 1.54) is 11.6 Å². The number of aryl methyl sites for hydroxylation is 1. The van der Waals surface area contributed by atoms with Crippen LogP contribution in [-0.2, 0) is 6.54 Å². The Kier molecular flexibility index (Phi) is 2.51. The van der Waals surface area contributed by atoms with Crippen molar-refractivity contribution in [2.24, 2.45) is 0 Å². The summed E-state index contributed by atoms with van der Waals surface area (Å²) in [6.45, 7) is 7.31. The lowest BCUT2D eigenvalue weighted by Gasteiger charge is -2.01. The third-order valence-corrected chi connectivity index (χ3v) is 2.84. The third kappa shape index (κ3) is 1.65. The van der Waals surface area contributed by atoms with Gasteiger partial charge in [-0.25, -0.2) is 4.39 Å². The predicted octanol–water partition coefficient (Wildman–Crippen LogP) is 3.92. The second-order valence-electron chi connectivity index (χ2n) is 4.19. The topological polar surface area (TPSA) is 4.93 Å². The molecule has 80 valence electrons. The van der Waals surface area contributed by atoms with Crippen molar-refractivity contribution in [3.63, 3.8) is 0 Å². The lowest BCUT2D eigenvalue weighted by atomic mass is 10.0. The molecule has 1 heterocycles. The van der Waals surface area contributed by atoms with Gasteiger partial charge < -0.3 is 4.57 Å². The van der Waals surface area contributed by atoms with Crippen LogP contribution in [0.25, 0.3) is 10.9 Å². The van der Waals surface area contributed by atoms with Crippen LogP contribution in [0.15, 0.2) is 24.4 Å². The van der Waals surface area contributed by atoms with Gasteiger partial charge in [-0.3, -0.25) is 0 Å². The highest BCUT2D eigenvalue weighted by molar-refractivity contribution is 5.84. The zero-order chi connectivity index (χ0) is 11.0. The van der Waals surface area contributed by atoms with Crippen molar-refractivity contribution in [2.75, 3.05) is 0 Å². The highest BCUT2D eigenvalue weighted by atomic mass is 19.1. The van der Waals surface area contributed by atoms with Crippen molar-refractivity contribution >= 4 is 10.9 Å². The highest BCUT2D eigenvalue weighted by Crippen LogP contribution is 2.28. The fourth-order valence-corrected chi connectivity index (χ4v) is 2.02. The van der Waals surface area contributed by atoms with E-state index in [9.17, 15) is 4.39 Å². The summed E-state index contributed by atoms with van der Waals surface area (Å²) in [4.78, 5) is 0. The molecule has 1 nitrogen and oxygen atoms in total. The Bertz CT molecular complexity index is 482. The summed E-state index contributed by atoms with van der Waals surface area (Å²) in [5.41, 5.74) is 2.36. The normalized spacial score (nSPS) is 11.5. The summed E-state index contributed by atoms with van der Waals surface area (Å²) in [5, 5.41) is 1.05. The lowest BCUT2D eigenvalue weighted by molar-refractivity contribution is 0.629. The summed E-state index contributed by atoms with van der Waals surface area (Å²) in [5.74, 6) is 0.278. The molecule has 0 aliphatic carbocycles. The van der Waals surface area contributed by atoms with Crippen LogP contribution < -0.4 is 0 Å². The third-order valence-electron chi connectivity index (χ3n) is 2.84. The maximum atomic E-state index is 13.2. The molecular formula is C13H16FN. The van der Waals surface area contributed by atoms with E-state index in [-0.39, 0.29) is 5.82 Å². The number of hydrogen-bond donors (Lipinski definition) is 0. The summed E-state index contributed by atoms with van der Waals surface area (Å²) in [6.07, 6.45) is 2.13. The van der Waals surface area contributed by atoms with Crippen LogP contribution in [0.1, 0.15) is 32.3 Å². The second kappa shape index (κ2) is 3.69. The average Bonchev–Trinajstić information content (AvgIpc) is 2.55. The Morgan fingerprint density at radius 2 is 2.07 bits per heavy atom. The van der Waals surface area contributed by atoms with Gasteiger partial charge in [0.15, 0.2) is 0 Å². The Balaban J connectivity index is 2.76. The van der Waals surface area contributed by atoms with Crippen LogP contribution in [0, 0.1) is 5.82 Å². The molecule has 2 rings (SSSR count). The number of rotatable bonds is 2. The molecule has 0 aliphatic heterocycles. The smallest absolute Gasteiger partial charge is 0.123 e. The molecular weight excluding hydrogens is 189 g/mol. The summed E-state index contributed by atoms with van der Waals surface area (Å²) >= 11 is 0. The molecule has 0 N–H and O–H groups in total. The minimum atomic E-state index is -0.154. The maximum absolute atomic E-state index is 13.2. The average molecular weight is 205 g/mol. The first kappa shape index (κ1) is 10.2. The molecule has 1 aromatic heterocycles. The molecule has 0 bridgehead atoms. The summed E-state index contributed by atoms with van der Waals surface area (Å²) in [7, 11) is 0. The molecule has 0 spiro atoms. The molecule has 0 aliphatic rings. The Hall–Kier alpha value is -1.31. The van der Waals surface area contributed by atoms with Crippen LogP contribution in [-0.4, -0.2) is 4.57 Å².